The van der Waals surface area contributed by atoms with Crippen molar-refractivity contribution in [1.82, 2.24) is 0 Å². The fraction of sp³-hybridized carbons (Fsp3) is 0.800. The highest BCUT2D eigenvalue weighted by Gasteiger charge is 2.37. The molecule has 1 aliphatic rings. The van der Waals surface area contributed by atoms with Crippen LogP contribution in [0.5, 0.6) is 0 Å². The van der Waals surface area contributed by atoms with Crippen LogP contribution in [-0.4, -0.2) is 23.7 Å². The van der Waals surface area contributed by atoms with E-state index < -0.39 is 17.9 Å². The predicted octanol–water partition coefficient (Wildman–Crippen LogP) is 1.44. The van der Waals surface area contributed by atoms with Crippen molar-refractivity contribution in [1.29, 1.82) is 0 Å². The molecule has 80 valence electrons. The number of ether oxygens (including phenoxy) is 1. The van der Waals surface area contributed by atoms with Gasteiger partial charge in [0.05, 0.1) is 6.61 Å². The van der Waals surface area contributed by atoms with Gasteiger partial charge in [-0.1, -0.05) is 12.8 Å². The molecule has 0 aromatic heterocycles. The Morgan fingerprint density at radius 1 is 1.43 bits per heavy atom. The summed E-state index contributed by atoms with van der Waals surface area (Å²) >= 11 is 0. The molecule has 0 spiro atoms. The van der Waals surface area contributed by atoms with Crippen molar-refractivity contribution in [2.75, 3.05) is 6.61 Å². The molecule has 0 radical (unpaired) electrons. The number of aliphatic carboxylic acids is 1. The van der Waals surface area contributed by atoms with Gasteiger partial charge in [-0.15, -0.1) is 0 Å². The molecule has 0 aromatic rings. The summed E-state index contributed by atoms with van der Waals surface area (Å²) in [5.41, 5.74) is 0. The van der Waals surface area contributed by atoms with Crippen LogP contribution in [0.2, 0.25) is 0 Å². The molecule has 4 nitrogen and oxygen atoms in total. The minimum atomic E-state index is -1.05. The summed E-state index contributed by atoms with van der Waals surface area (Å²) in [6, 6.07) is 0. The van der Waals surface area contributed by atoms with Crippen LogP contribution in [0.15, 0.2) is 0 Å². The summed E-state index contributed by atoms with van der Waals surface area (Å²) in [4.78, 5) is 22.3. The van der Waals surface area contributed by atoms with Crippen LogP contribution in [0.25, 0.3) is 0 Å². The van der Waals surface area contributed by atoms with E-state index in [1.807, 2.05) is 0 Å². The zero-order valence-electron chi connectivity index (χ0n) is 8.36. The van der Waals surface area contributed by atoms with E-state index in [-0.39, 0.29) is 12.5 Å². The fourth-order valence-electron chi connectivity index (χ4n) is 2.02. The van der Waals surface area contributed by atoms with Gasteiger partial charge in [0.15, 0.2) is 5.92 Å². The van der Waals surface area contributed by atoms with E-state index in [4.69, 9.17) is 9.84 Å². The van der Waals surface area contributed by atoms with E-state index in [0.717, 1.165) is 25.7 Å². The molecule has 1 rings (SSSR count). The average Bonchev–Trinajstić information content (AvgIpc) is 2.57. The number of carbonyl (C=O) groups excluding carboxylic acids is 1. The number of rotatable bonds is 4. The van der Waals surface area contributed by atoms with E-state index in [2.05, 4.69) is 0 Å². The third-order valence-corrected chi connectivity index (χ3v) is 2.68. The second-order valence-corrected chi connectivity index (χ2v) is 3.61. The summed E-state index contributed by atoms with van der Waals surface area (Å²) in [7, 11) is 0. The van der Waals surface area contributed by atoms with E-state index in [1.165, 1.54) is 0 Å². The van der Waals surface area contributed by atoms with Crippen LogP contribution in [0.4, 0.5) is 0 Å². The topological polar surface area (TPSA) is 63.6 Å². The molecule has 0 heterocycles. The van der Waals surface area contributed by atoms with Crippen LogP contribution < -0.4 is 0 Å². The smallest absolute Gasteiger partial charge is 0.320 e. The molecule has 0 aromatic carbocycles. The van der Waals surface area contributed by atoms with Gasteiger partial charge in [0, 0.05) is 0 Å². The van der Waals surface area contributed by atoms with E-state index in [0.29, 0.717) is 0 Å². The fourth-order valence-corrected chi connectivity index (χ4v) is 2.02. The highest BCUT2D eigenvalue weighted by Crippen LogP contribution is 2.32. The molecule has 1 saturated carbocycles. The Balaban J connectivity index is 2.62. The first-order valence-electron chi connectivity index (χ1n) is 5.06. The second kappa shape index (κ2) is 4.98. The van der Waals surface area contributed by atoms with Gasteiger partial charge in [0.25, 0.3) is 0 Å². The van der Waals surface area contributed by atoms with Gasteiger partial charge in [-0.25, -0.2) is 0 Å². The normalized spacial score (nSPS) is 19.2. The lowest BCUT2D eigenvalue weighted by Gasteiger charge is -2.16. The van der Waals surface area contributed by atoms with Crippen LogP contribution in [0, 0.1) is 11.8 Å². The van der Waals surface area contributed by atoms with Crippen molar-refractivity contribution in [2.45, 2.75) is 32.6 Å². The van der Waals surface area contributed by atoms with E-state index in [1.54, 1.807) is 6.92 Å². The van der Waals surface area contributed by atoms with Gasteiger partial charge < -0.3 is 9.84 Å². The molecular formula is C10H16O4. The maximum Gasteiger partial charge on any atom is 0.320 e. The summed E-state index contributed by atoms with van der Waals surface area (Å²) in [5.74, 6) is -2.59. The lowest BCUT2D eigenvalue weighted by molar-refractivity contribution is -0.161. The van der Waals surface area contributed by atoms with Crippen LogP contribution in [0.3, 0.4) is 0 Å². The van der Waals surface area contributed by atoms with Crippen LogP contribution >= 0.6 is 0 Å². The van der Waals surface area contributed by atoms with Gasteiger partial charge in [-0.3, -0.25) is 9.59 Å². The second-order valence-electron chi connectivity index (χ2n) is 3.61. The van der Waals surface area contributed by atoms with Crippen LogP contribution in [0.1, 0.15) is 32.6 Å². The number of hydrogen-bond donors (Lipinski definition) is 1. The third kappa shape index (κ3) is 2.47. The molecule has 1 aliphatic carbocycles. The SMILES string of the molecule is CCOC(=O)C(C(=O)O)C1CCCC1. The Kier molecular flexibility index (Phi) is 3.92. The Morgan fingerprint density at radius 3 is 2.43 bits per heavy atom. The molecule has 1 atom stereocenters. The predicted molar refractivity (Wildman–Crippen MR) is 49.7 cm³/mol. The number of hydrogen-bond acceptors (Lipinski definition) is 3. The van der Waals surface area contributed by atoms with Crippen molar-refractivity contribution < 1.29 is 19.4 Å². The Hall–Kier alpha value is -1.06. The molecule has 1 fully saturated rings. The lowest BCUT2D eigenvalue weighted by Crippen LogP contribution is -2.31. The molecular weight excluding hydrogens is 184 g/mol. The number of carbonyl (C=O) groups is 2. The molecule has 1 N–H and O–H groups in total. The monoisotopic (exact) mass is 200 g/mol. The third-order valence-electron chi connectivity index (χ3n) is 2.68. The van der Waals surface area contributed by atoms with Crippen molar-refractivity contribution >= 4 is 11.9 Å². The van der Waals surface area contributed by atoms with Crippen LogP contribution in [-0.2, 0) is 14.3 Å². The maximum atomic E-state index is 11.4. The van der Waals surface area contributed by atoms with Crippen molar-refractivity contribution in [3.05, 3.63) is 0 Å². The first-order valence-corrected chi connectivity index (χ1v) is 5.06. The van der Waals surface area contributed by atoms with Gasteiger partial charge in [-0.2, -0.15) is 0 Å². The Bertz CT molecular complexity index is 218. The zero-order valence-corrected chi connectivity index (χ0v) is 8.36. The molecule has 0 saturated heterocycles. The summed E-state index contributed by atoms with van der Waals surface area (Å²) in [6.07, 6.45) is 3.70. The average molecular weight is 200 g/mol. The lowest BCUT2D eigenvalue weighted by atomic mass is 9.91. The number of carboxylic acids is 1. The van der Waals surface area contributed by atoms with Gasteiger partial charge >= 0.3 is 11.9 Å². The summed E-state index contributed by atoms with van der Waals surface area (Å²) in [5, 5.41) is 8.93. The number of carboxylic acid groups (broad SMARTS) is 1. The van der Waals surface area contributed by atoms with E-state index >= 15 is 0 Å². The Labute approximate surface area is 83.2 Å². The molecule has 0 aliphatic heterocycles. The summed E-state index contributed by atoms with van der Waals surface area (Å²) in [6.45, 7) is 1.93. The quantitative estimate of drug-likeness (QED) is 0.551. The Morgan fingerprint density at radius 2 is 2.00 bits per heavy atom. The standard InChI is InChI=1S/C10H16O4/c1-2-14-10(13)8(9(11)12)7-5-3-4-6-7/h7-8H,2-6H2,1H3,(H,11,12). The molecule has 4 heteroatoms. The van der Waals surface area contributed by atoms with E-state index in [9.17, 15) is 9.59 Å². The van der Waals surface area contributed by atoms with Gasteiger partial charge in [0.2, 0.25) is 0 Å². The summed E-state index contributed by atoms with van der Waals surface area (Å²) < 4.78 is 4.76. The first kappa shape index (κ1) is 11.0. The molecule has 14 heavy (non-hydrogen) atoms. The zero-order chi connectivity index (χ0) is 10.6. The van der Waals surface area contributed by atoms with Crippen molar-refractivity contribution in [3.63, 3.8) is 0 Å². The van der Waals surface area contributed by atoms with Gasteiger partial charge in [0.1, 0.15) is 0 Å². The highest BCUT2D eigenvalue weighted by atomic mass is 16.5. The van der Waals surface area contributed by atoms with Crippen molar-refractivity contribution in [2.24, 2.45) is 11.8 Å². The van der Waals surface area contributed by atoms with Crippen molar-refractivity contribution in [3.8, 4) is 0 Å². The first-order chi connectivity index (χ1) is 6.66. The maximum absolute atomic E-state index is 11.4. The minimum Gasteiger partial charge on any atom is -0.481 e. The van der Waals surface area contributed by atoms with Gasteiger partial charge in [-0.05, 0) is 25.7 Å². The number of esters is 1. The largest absolute Gasteiger partial charge is 0.481 e. The molecule has 1 unspecified atom stereocenters. The minimum absolute atomic E-state index is 0.0217. The molecule has 0 amide bonds. The molecule has 0 bridgehead atoms. The highest BCUT2D eigenvalue weighted by molar-refractivity contribution is 5.94.